The van der Waals surface area contributed by atoms with Crippen molar-refractivity contribution in [3.05, 3.63) is 108 Å². The van der Waals surface area contributed by atoms with Crippen LogP contribution in [0, 0.1) is 28.2 Å². The molecule has 1 aliphatic heterocycles. The number of ketones is 1. The topological polar surface area (TPSA) is 162 Å². The first kappa shape index (κ1) is 27.3. The second-order valence-corrected chi connectivity index (χ2v) is 10.6. The van der Waals surface area contributed by atoms with Gasteiger partial charge in [0.15, 0.2) is 5.78 Å². The van der Waals surface area contributed by atoms with Crippen LogP contribution in [-0.4, -0.2) is 34.2 Å². The summed E-state index contributed by atoms with van der Waals surface area (Å²) in [6.07, 6.45) is 12.2. The quantitative estimate of drug-likeness (QED) is 0.399. The summed E-state index contributed by atoms with van der Waals surface area (Å²) in [7, 11) is 0. The Morgan fingerprint density at radius 2 is 1.88 bits per heavy atom. The van der Waals surface area contributed by atoms with E-state index in [9.17, 15) is 24.3 Å². The molecule has 2 heterocycles. The van der Waals surface area contributed by atoms with E-state index >= 15 is 0 Å². The van der Waals surface area contributed by atoms with Gasteiger partial charge in [0, 0.05) is 30.7 Å². The monoisotopic (exact) mass is 572 g/mol. The Balaban J connectivity index is 1.31. The first-order valence-electron chi connectivity index (χ1n) is 13.7. The number of nitrogens with zero attached hydrogens (tertiary/aromatic N) is 3. The molecule has 12 nitrogen and oxygen atoms in total. The molecular formula is C30H28N4O8. The van der Waals surface area contributed by atoms with E-state index in [1.165, 1.54) is 37.5 Å². The summed E-state index contributed by atoms with van der Waals surface area (Å²) in [6.45, 7) is 1.79. The van der Waals surface area contributed by atoms with Gasteiger partial charge in [-0.05, 0) is 43.9 Å². The van der Waals surface area contributed by atoms with Crippen molar-refractivity contribution < 1.29 is 28.7 Å². The Kier molecular flexibility index (Phi) is 7.29. The number of Topliss-reactive ketones (excluding diaryl/α,β-unsaturated/α-hetero) is 1. The third-order valence-electron chi connectivity index (χ3n) is 7.81. The van der Waals surface area contributed by atoms with Gasteiger partial charge in [-0.25, -0.2) is 4.99 Å². The third-order valence-corrected chi connectivity index (χ3v) is 7.81. The number of nitrogens with one attached hydrogen (secondary N) is 1. The second-order valence-electron chi connectivity index (χ2n) is 10.6. The summed E-state index contributed by atoms with van der Waals surface area (Å²) in [5, 5.41) is 14.9. The molecule has 4 atom stereocenters. The first-order chi connectivity index (χ1) is 20.3. The average Bonchev–Trinajstić information content (AvgIpc) is 3.66. The Morgan fingerprint density at radius 3 is 2.60 bits per heavy atom. The summed E-state index contributed by atoms with van der Waals surface area (Å²) in [5.41, 5.74) is 0.867. The van der Waals surface area contributed by atoms with Gasteiger partial charge >= 0.3 is 5.95 Å². The van der Waals surface area contributed by atoms with Crippen molar-refractivity contribution in [1.82, 2.24) is 10.2 Å². The molecule has 0 aromatic carbocycles. The molecule has 4 unspecified atom stereocenters. The minimum Gasteiger partial charge on any atom is -0.510 e. The number of fused-ring (bicyclic) bond motifs is 1. The van der Waals surface area contributed by atoms with Crippen molar-refractivity contribution in [2.45, 2.75) is 38.7 Å². The highest BCUT2D eigenvalue weighted by molar-refractivity contribution is 6.00. The van der Waals surface area contributed by atoms with Crippen molar-refractivity contribution in [3.63, 3.8) is 0 Å². The number of aliphatic hydroxyl groups is 1. The SMILES string of the molecule is CC(=O)N=c1ccc(=NNC2=C(O)C3CC(OCC4C=CC=CC4)CCC3C2=O)c2c(=O)n(Oc3ccco3)c(=O)c1=2. The molecular weight excluding hydrogens is 544 g/mol. The lowest BCUT2D eigenvalue weighted by Gasteiger charge is -2.31. The van der Waals surface area contributed by atoms with Crippen LogP contribution in [-0.2, 0) is 14.3 Å². The molecule has 1 amide bonds. The molecule has 0 saturated heterocycles. The normalized spacial score (nSPS) is 24.5. The van der Waals surface area contributed by atoms with E-state index in [1.807, 2.05) is 12.2 Å². The van der Waals surface area contributed by atoms with Crippen LogP contribution in [0.2, 0.25) is 0 Å². The third kappa shape index (κ3) is 5.05. The minimum absolute atomic E-state index is 0.00448. The largest absolute Gasteiger partial charge is 0.510 e. The number of rotatable bonds is 7. The van der Waals surface area contributed by atoms with Gasteiger partial charge in [0.25, 0.3) is 11.1 Å². The van der Waals surface area contributed by atoms with E-state index < -0.39 is 28.9 Å². The molecule has 1 aromatic rings. The number of aliphatic hydroxyl groups excluding tert-OH is 1. The van der Waals surface area contributed by atoms with E-state index in [-0.39, 0.29) is 50.4 Å². The van der Waals surface area contributed by atoms with Gasteiger partial charge in [-0.2, -0.15) is 5.10 Å². The van der Waals surface area contributed by atoms with Crippen LogP contribution in [0.3, 0.4) is 0 Å². The lowest BCUT2D eigenvalue weighted by Crippen LogP contribution is -2.32. The van der Waals surface area contributed by atoms with E-state index in [4.69, 9.17) is 14.0 Å². The van der Waals surface area contributed by atoms with E-state index in [2.05, 4.69) is 27.7 Å². The van der Waals surface area contributed by atoms with Crippen LogP contribution < -0.4 is 32.1 Å². The highest BCUT2D eigenvalue weighted by atomic mass is 16.7. The summed E-state index contributed by atoms with van der Waals surface area (Å²) in [4.78, 5) is 60.6. The fourth-order valence-electron chi connectivity index (χ4n) is 5.79. The molecule has 6 rings (SSSR count). The van der Waals surface area contributed by atoms with Crippen molar-refractivity contribution in [2.75, 3.05) is 6.61 Å². The van der Waals surface area contributed by atoms with Gasteiger partial charge in [0.2, 0.25) is 5.91 Å². The minimum atomic E-state index is -0.862. The fraction of sp³-hybridized carbons (Fsp3) is 0.333. The van der Waals surface area contributed by atoms with Crippen molar-refractivity contribution in [1.29, 1.82) is 0 Å². The molecule has 1 fully saturated rings. The summed E-state index contributed by atoms with van der Waals surface area (Å²) < 4.78 is 11.7. The van der Waals surface area contributed by atoms with Crippen molar-refractivity contribution >= 4 is 11.7 Å². The molecule has 5 aliphatic rings. The van der Waals surface area contributed by atoms with Crippen LogP contribution in [0.4, 0.5) is 0 Å². The number of allylic oxidation sites excluding steroid dienone is 5. The highest BCUT2D eigenvalue weighted by Crippen LogP contribution is 2.42. The molecule has 0 spiro atoms. The van der Waals surface area contributed by atoms with Crippen molar-refractivity contribution in [3.8, 4) is 5.95 Å². The molecule has 12 heteroatoms. The number of hydrogen-bond donors (Lipinski definition) is 2. The zero-order valence-corrected chi connectivity index (χ0v) is 22.7. The maximum absolute atomic E-state index is 13.3. The molecule has 2 N–H and O–H groups in total. The standard InChI is InChI=1S/C30H28N4O8/c1-16(35)31-21-11-12-22(25-24(21)29(38)34(30(25)39)42-23-8-5-13-40-23)32-33-26-27(36)19-10-9-18(14-20(19)28(26)37)41-15-17-6-3-2-4-7-17/h2-6,8,11-13,17-20,33,37H,7,9-10,14-15H2,1H3. The zero-order valence-electron chi connectivity index (χ0n) is 22.7. The van der Waals surface area contributed by atoms with E-state index in [1.54, 1.807) is 0 Å². The van der Waals surface area contributed by atoms with Crippen LogP contribution in [0.5, 0.6) is 5.95 Å². The van der Waals surface area contributed by atoms with Gasteiger partial charge in [-0.3, -0.25) is 24.6 Å². The van der Waals surface area contributed by atoms with Crippen LogP contribution in [0.25, 0.3) is 0 Å². The number of hydrogen-bond acceptors (Lipinski definition) is 10. The lowest BCUT2D eigenvalue weighted by molar-refractivity contribution is -0.121. The molecule has 4 aliphatic carbocycles. The second kappa shape index (κ2) is 11.2. The Labute approximate surface area is 237 Å². The van der Waals surface area contributed by atoms with Gasteiger partial charge in [0.1, 0.15) is 11.5 Å². The maximum atomic E-state index is 13.3. The zero-order chi connectivity index (χ0) is 29.4. The van der Waals surface area contributed by atoms with Crippen LogP contribution >= 0.6 is 0 Å². The molecule has 1 aromatic heterocycles. The van der Waals surface area contributed by atoms with Crippen molar-refractivity contribution in [2.24, 2.45) is 27.8 Å². The number of carbonyl (C=O) groups is 2. The average molecular weight is 573 g/mol. The van der Waals surface area contributed by atoms with Crippen LogP contribution in [0.15, 0.2) is 90.4 Å². The molecule has 42 heavy (non-hydrogen) atoms. The van der Waals surface area contributed by atoms with E-state index in [0.717, 1.165) is 6.42 Å². The number of aromatic nitrogens is 1. The smallest absolute Gasteiger partial charge is 0.312 e. The van der Waals surface area contributed by atoms with Crippen LogP contribution in [0.1, 0.15) is 32.6 Å². The van der Waals surface area contributed by atoms with Gasteiger partial charge < -0.3 is 19.1 Å². The Morgan fingerprint density at radius 1 is 1.10 bits per heavy atom. The number of furan rings is 1. The first-order valence-corrected chi connectivity index (χ1v) is 13.7. The Hall–Kier alpha value is -4.84. The lowest BCUT2D eigenvalue weighted by atomic mass is 9.79. The number of ether oxygens (including phenoxy) is 1. The fourth-order valence-corrected chi connectivity index (χ4v) is 5.79. The van der Waals surface area contributed by atoms with E-state index in [0.29, 0.717) is 36.5 Å². The van der Waals surface area contributed by atoms with Gasteiger partial charge in [-0.15, -0.1) is 0 Å². The molecule has 0 bridgehead atoms. The summed E-state index contributed by atoms with van der Waals surface area (Å²) in [6, 6.07) is 5.69. The number of carbonyl (C=O) groups excluding carboxylic acids is 2. The summed E-state index contributed by atoms with van der Waals surface area (Å²) >= 11 is 0. The number of amides is 1. The predicted molar refractivity (Wildman–Crippen MR) is 146 cm³/mol. The molecule has 216 valence electrons. The summed E-state index contributed by atoms with van der Waals surface area (Å²) in [5.74, 6) is -1.55. The predicted octanol–water partition coefficient (Wildman–Crippen LogP) is 1.38. The maximum Gasteiger partial charge on any atom is 0.312 e. The Bertz CT molecular complexity index is 1920. The molecule has 1 saturated carbocycles. The molecule has 0 radical (unpaired) electrons. The van der Waals surface area contributed by atoms with Gasteiger partial charge in [0.05, 0.1) is 40.1 Å². The van der Waals surface area contributed by atoms with Gasteiger partial charge in [-0.1, -0.05) is 29.0 Å². The highest BCUT2D eigenvalue weighted by Gasteiger charge is 2.46.